The van der Waals surface area contributed by atoms with E-state index < -0.39 is 14.9 Å². The molecule has 0 N–H and O–H groups in total. The van der Waals surface area contributed by atoms with E-state index in [9.17, 15) is 23.3 Å². The Bertz CT molecular complexity index is 1020. The molecule has 0 spiro atoms. The van der Waals surface area contributed by atoms with Crippen molar-refractivity contribution in [2.45, 2.75) is 4.90 Å². The average Bonchev–Trinajstić information content (AvgIpc) is 2.69. The number of nitro groups is 1. The lowest BCUT2D eigenvalue weighted by molar-refractivity contribution is -0.384. The van der Waals surface area contributed by atoms with Gasteiger partial charge in [0.2, 0.25) is 10.0 Å². The van der Waals surface area contributed by atoms with Gasteiger partial charge in [-0.3, -0.25) is 14.9 Å². The van der Waals surface area contributed by atoms with E-state index in [2.05, 4.69) is 0 Å². The lowest BCUT2D eigenvalue weighted by Gasteiger charge is -2.34. The van der Waals surface area contributed by atoms with Crippen LogP contribution in [-0.4, -0.2) is 54.6 Å². The highest BCUT2D eigenvalue weighted by Gasteiger charge is 2.30. The third-order valence-electron chi connectivity index (χ3n) is 4.38. The van der Waals surface area contributed by atoms with E-state index in [1.54, 1.807) is 11.0 Å². The number of hydrogen-bond acceptors (Lipinski definition) is 5. The summed E-state index contributed by atoms with van der Waals surface area (Å²) in [6.07, 6.45) is 0. The monoisotopic (exact) mass is 443 g/mol. The number of non-ortho nitro benzene ring substituents is 1. The number of hydrogen-bond donors (Lipinski definition) is 0. The third kappa shape index (κ3) is 4.12. The Morgan fingerprint density at radius 3 is 2.11 bits per heavy atom. The number of carbonyl (C=O) groups excluding carboxylic acids is 1. The van der Waals surface area contributed by atoms with E-state index >= 15 is 0 Å². The van der Waals surface area contributed by atoms with Gasteiger partial charge in [0.15, 0.2) is 0 Å². The molecule has 1 amide bonds. The number of rotatable bonds is 4. The van der Waals surface area contributed by atoms with Crippen molar-refractivity contribution in [2.75, 3.05) is 26.2 Å². The van der Waals surface area contributed by atoms with E-state index in [-0.39, 0.29) is 47.7 Å². The van der Waals surface area contributed by atoms with Gasteiger partial charge in [-0.1, -0.05) is 23.2 Å². The largest absolute Gasteiger partial charge is 0.336 e. The summed E-state index contributed by atoms with van der Waals surface area (Å²) in [4.78, 5) is 24.2. The SMILES string of the molecule is O=C(c1ccc(Cl)c(Cl)c1)N1CCN(S(=O)(=O)c2ccc([N+](=O)[O-])cc2)CC1. The summed E-state index contributed by atoms with van der Waals surface area (Å²) < 4.78 is 26.7. The summed E-state index contributed by atoms with van der Waals surface area (Å²) in [5.74, 6) is -0.258. The first kappa shape index (κ1) is 20.5. The van der Waals surface area contributed by atoms with Crippen molar-refractivity contribution < 1.29 is 18.1 Å². The van der Waals surface area contributed by atoms with Crippen molar-refractivity contribution >= 4 is 44.8 Å². The first-order valence-corrected chi connectivity index (χ1v) is 10.4. The second-order valence-electron chi connectivity index (χ2n) is 6.08. The maximum absolute atomic E-state index is 12.7. The van der Waals surface area contributed by atoms with Crippen molar-refractivity contribution in [1.29, 1.82) is 0 Å². The van der Waals surface area contributed by atoms with Gasteiger partial charge in [0.05, 0.1) is 19.9 Å². The van der Waals surface area contributed by atoms with Crippen LogP contribution in [0.1, 0.15) is 10.4 Å². The zero-order chi connectivity index (χ0) is 20.5. The fourth-order valence-electron chi connectivity index (χ4n) is 2.83. The molecule has 148 valence electrons. The smallest absolute Gasteiger partial charge is 0.269 e. The predicted molar refractivity (Wildman–Crippen MR) is 104 cm³/mol. The van der Waals surface area contributed by atoms with Crippen LogP contribution in [-0.2, 0) is 10.0 Å². The fraction of sp³-hybridized carbons (Fsp3) is 0.235. The number of sulfonamides is 1. The first-order valence-electron chi connectivity index (χ1n) is 8.19. The van der Waals surface area contributed by atoms with Crippen LogP contribution in [0.3, 0.4) is 0 Å². The van der Waals surface area contributed by atoms with Gasteiger partial charge < -0.3 is 4.90 Å². The third-order valence-corrected chi connectivity index (χ3v) is 7.03. The van der Waals surface area contributed by atoms with Crippen molar-refractivity contribution in [1.82, 2.24) is 9.21 Å². The van der Waals surface area contributed by atoms with E-state index in [1.807, 2.05) is 0 Å². The van der Waals surface area contributed by atoms with Crippen LogP contribution in [0.4, 0.5) is 5.69 Å². The molecule has 0 aromatic heterocycles. The molecule has 0 saturated carbocycles. The van der Waals surface area contributed by atoms with Gasteiger partial charge in [-0.25, -0.2) is 8.42 Å². The quantitative estimate of drug-likeness (QED) is 0.533. The molecule has 1 saturated heterocycles. The zero-order valence-electron chi connectivity index (χ0n) is 14.4. The normalized spacial score (nSPS) is 15.4. The molecular formula is C17H15Cl2N3O5S. The number of nitrogens with zero attached hydrogens (tertiary/aromatic N) is 3. The highest BCUT2D eigenvalue weighted by Crippen LogP contribution is 2.24. The summed E-state index contributed by atoms with van der Waals surface area (Å²) >= 11 is 11.8. The lowest BCUT2D eigenvalue weighted by atomic mass is 10.2. The van der Waals surface area contributed by atoms with Gasteiger partial charge in [-0.2, -0.15) is 4.31 Å². The number of benzene rings is 2. The molecule has 1 aliphatic rings. The minimum Gasteiger partial charge on any atom is -0.336 e. The molecule has 1 heterocycles. The molecule has 2 aromatic rings. The highest BCUT2D eigenvalue weighted by molar-refractivity contribution is 7.89. The highest BCUT2D eigenvalue weighted by atomic mass is 35.5. The van der Waals surface area contributed by atoms with Gasteiger partial charge in [0.1, 0.15) is 0 Å². The minimum atomic E-state index is -3.80. The van der Waals surface area contributed by atoms with Crippen molar-refractivity contribution in [3.8, 4) is 0 Å². The minimum absolute atomic E-state index is 0.0256. The summed E-state index contributed by atoms with van der Waals surface area (Å²) in [6.45, 7) is 0.662. The average molecular weight is 444 g/mol. The number of amides is 1. The maximum atomic E-state index is 12.7. The van der Waals surface area contributed by atoms with Crippen LogP contribution < -0.4 is 0 Å². The topological polar surface area (TPSA) is 101 Å². The molecule has 2 aromatic carbocycles. The molecule has 0 unspecified atom stereocenters. The van der Waals surface area contributed by atoms with E-state index in [0.717, 1.165) is 12.1 Å². The van der Waals surface area contributed by atoms with E-state index in [4.69, 9.17) is 23.2 Å². The molecule has 28 heavy (non-hydrogen) atoms. The Balaban J connectivity index is 1.69. The number of halogens is 2. The van der Waals surface area contributed by atoms with Crippen LogP contribution in [0.25, 0.3) is 0 Å². The van der Waals surface area contributed by atoms with Gasteiger partial charge in [0.25, 0.3) is 11.6 Å². The van der Waals surface area contributed by atoms with Gasteiger partial charge in [-0.05, 0) is 30.3 Å². The Hall–Kier alpha value is -2.20. The van der Waals surface area contributed by atoms with Crippen LogP contribution in [0.15, 0.2) is 47.4 Å². The molecular weight excluding hydrogens is 429 g/mol. The van der Waals surface area contributed by atoms with E-state index in [0.29, 0.717) is 10.6 Å². The van der Waals surface area contributed by atoms with Crippen LogP contribution >= 0.6 is 23.2 Å². The Kier molecular flexibility index (Phi) is 5.90. The lowest BCUT2D eigenvalue weighted by Crippen LogP contribution is -2.50. The van der Waals surface area contributed by atoms with Crippen molar-refractivity contribution in [2.24, 2.45) is 0 Å². The van der Waals surface area contributed by atoms with Crippen molar-refractivity contribution in [3.05, 3.63) is 68.2 Å². The molecule has 0 atom stereocenters. The number of piperazine rings is 1. The number of carbonyl (C=O) groups is 1. The molecule has 1 aliphatic heterocycles. The predicted octanol–water partition coefficient (Wildman–Crippen LogP) is 3.05. The van der Waals surface area contributed by atoms with Crippen molar-refractivity contribution in [3.63, 3.8) is 0 Å². The molecule has 0 bridgehead atoms. The summed E-state index contributed by atoms with van der Waals surface area (Å²) in [5, 5.41) is 11.3. The fourth-order valence-corrected chi connectivity index (χ4v) is 4.55. The Labute approximate surface area is 171 Å². The van der Waals surface area contributed by atoms with Crippen LogP contribution in [0, 0.1) is 10.1 Å². The summed E-state index contributed by atoms with van der Waals surface area (Å²) in [6, 6.07) is 9.30. The first-order chi connectivity index (χ1) is 13.2. The second-order valence-corrected chi connectivity index (χ2v) is 8.83. The Morgan fingerprint density at radius 1 is 0.964 bits per heavy atom. The van der Waals surface area contributed by atoms with Crippen LogP contribution in [0.2, 0.25) is 10.0 Å². The molecule has 1 fully saturated rings. The molecule has 11 heteroatoms. The van der Waals surface area contributed by atoms with Gasteiger partial charge >= 0.3 is 0 Å². The molecule has 3 rings (SSSR count). The van der Waals surface area contributed by atoms with Gasteiger partial charge in [-0.15, -0.1) is 0 Å². The maximum Gasteiger partial charge on any atom is 0.269 e. The standard InChI is InChI=1S/C17H15Cl2N3O5S/c18-15-6-1-12(11-16(15)19)17(23)20-7-9-21(10-8-20)28(26,27)14-4-2-13(3-5-14)22(24)25/h1-6,11H,7-10H2. The van der Waals surface area contributed by atoms with E-state index in [1.165, 1.54) is 28.6 Å². The molecule has 8 nitrogen and oxygen atoms in total. The number of nitro benzene ring substituents is 1. The van der Waals surface area contributed by atoms with Gasteiger partial charge in [0, 0.05) is 43.9 Å². The molecule has 0 radical (unpaired) electrons. The summed E-state index contributed by atoms with van der Waals surface area (Å²) in [7, 11) is -3.80. The zero-order valence-corrected chi connectivity index (χ0v) is 16.7. The molecule has 0 aliphatic carbocycles. The summed E-state index contributed by atoms with van der Waals surface area (Å²) in [5.41, 5.74) is 0.192. The van der Waals surface area contributed by atoms with Crippen LogP contribution in [0.5, 0.6) is 0 Å². The Morgan fingerprint density at radius 2 is 1.57 bits per heavy atom. The second kappa shape index (κ2) is 8.04.